The molecule has 1 N–H and O–H groups in total. The summed E-state index contributed by atoms with van der Waals surface area (Å²) in [6, 6.07) is 4.50. The van der Waals surface area contributed by atoms with Gasteiger partial charge < -0.3 is 5.11 Å². The molecule has 1 unspecified atom stereocenters. The molecule has 0 spiro atoms. The number of rotatable bonds is 3. The van der Waals surface area contributed by atoms with Crippen LogP contribution in [0.4, 0.5) is 0 Å². The number of hydrogen-bond acceptors (Lipinski definition) is 3. The van der Waals surface area contributed by atoms with E-state index in [4.69, 9.17) is 5.11 Å². The number of nitrogens with zero attached hydrogens (tertiary/aromatic N) is 1. The standard InChI is InChI=1S/C10H13NO2S/c1-7(9-3-2-4-14-9)11-5-8(6-11)10(12)13/h2-4,7-8H,5-6H2,1H3,(H,12,13). The van der Waals surface area contributed by atoms with Gasteiger partial charge in [0.2, 0.25) is 0 Å². The molecule has 76 valence electrons. The zero-order valence-corrected chi connectivity index (χ0v) is 8.83. The van der Waals surface area contributed by atoms with Crippen LogP contribution >= 0.6 is 11.3 Å². The lowest BCUT2D eigenvalue weighted by atomic mass is 9.98. The molecule has 1 aliphatic rings. The van der Waals surface area contributed by atoms with Crippen LogP contribution in [0.3, 0.4) is 0 Å². The quantitative estimate of drug-likeness (QED) is 0.829. The molecule has 0 radical (unpaired) electrons. The SMILES string of the molecule is CC(c1cccs1)N1CC(C(=O)O)C1. The Morgan fingerprint density at radius 1 is 1.71 bits per heavy atom. The molecule has 4 heteroatoms. The van der Waals surface area contributed by atoms with E-state index < -0.39 is 5.97 Å². The second-order valence-electron chi connectivity index (χ2n) is 3.68. The van der Waals surface area contributed by atoms with Crippen LogP contribution in [0.25, 0.3) is 0 Å². The van der Waals surface area contributed by atoms with Crippen molar-refractivity contribution < 1.29 is 9.90 Å². The summed E-state index contributed by atoms with van der Waals surface area (Å²) >= 11 is 1.73. The number of carbonyl (C=O) groups is 1. The zero-order chi connectivity index (χ0) is 10.1. The summed E-state index contributed by atoms with van der Waals surface area (Å²) in [5, 5.41) is 10.8. The van der Waals surface area contributed by atoms with E-state index in [1.807, 2.05) is 6.07 Å². The highest BCUT2D eigenvalue weighted by Crippen LogP contribution is 2.30. The number of hydrogen-bond donors (Lipinski definition) is 1. The van der Waals surface area contributed by atoms with Crippen molar-refractivity contribution in [3.05, 3.63) is 22.4 Å². The van der Waals surface area contributed by atoms with E-state index in [0.717, 1.165) is 0 Å². The van der Waals surface area contributed by atoms with Gasteiger partial charge in [0.25, 0.3) is 0 Å². The fourth-order valence-corrected chi connectivity index (χ4v) is 2.51. The zero-order valence-electron chi connectivity index (χ0n) is 8.01. The van der Waals surface area contributed by atoms with Crippen LogP contribution in [-0.4, -0.2) is 29.1 Å². The van der Waals surface area contributed by atoms with Gasteiger partial charge in [0.15, 0.2) is 0 Å². The summed E-state index contributed by atoms with van der Waals surface area (Å²) in [5.74, 6) is -0.822. The summed E-state index contributed by atoms with van der Waals surface area (Å²) in [4.78, 5) is 14.1. The Kier molecular flexibility index (Phi) is 2.56. The van der Waals surface area contributed by atoms with Crippen LogP contribution in [0, 0.1) is 5.92 Å². The van der Waals surface area contributed by atoms with E-state index in [1.54, 1.807) is 11.3 Å². The number of likely N-dealkylation sites (tertiary alicyclic amines) is 1. The summed E-state index contributed by atoms with van der Waals surface area (Å²) < 4.78 is 0. The number of carboxylic acid groups (broad SMARTS) is 1. The molecule has 2 heterocycles. The van der Waals surface area contributed by atoms with Gasteiger partial charge in [-0.15, -0.1) is 11.3 Å². The van der Waals surface area contributed by atoms with E-state index in [0.29, 0.717) is 19.1 Å². The molecule has 1 aromatic rings. The van der Waals surface area contributed by atoms with Gasteiger partial charge in [-0.1, -0.05) is 6.07 Å². The molecule has 0 bridgehead atoms. The molecule has 0 saturated carbocycles. The number of carboxylic acids is 1. The highest BCUT2D eigenvalue weighted by atomic mass is 32.1. The molecule has 2 rings (SSSR count). The first-order chi connectivity index (χ1) is 6.68. The predicted molar refractivity (Wildman–Crippen MR) is 55.4 cm³/mol. The average Bonchev–Trinajstić information content (AvgIpc) is 2.51. The topological polar surface area (TPSA) is 40.5 Å². The van der Waals surface area contributed by atoms with Crippen molar-refractivity contribution in [1.29, 1.82) is 0 Å². The van der Waals surface area contributed by atoms with Crippen LogP contribution in [0.5, 0.6) is 0 Å². The fraction of sp³-hybridized carbons (Fsp3) is 0.500. The van der Waals surface area contributed by atoms with Crippen LogP contribution in [-0.2, 0) is 4.79 Å². The van der Waals surface area contributed by atoms with Crippen LogP contribution in [0.2, 0.25) is 0 Å². The van der Waals surface area contributed by atoms with Gasteiger partial charge in [0.05, 0.1) is 5.92 Å². The molecule has 1 fully saturated rings. The van der Waals surface area contributed by atoms with Crippen molar-refractivity contribution in [1.82, 2.24) is 4.90 Å². The molecule has 1 saturated heterocycles. The third kappa shape index (κ3) is 1.67. The van der Waals surface area contributed by atoms with Crippen molar-refractivity contribution in [3.8, 4) is 0 Å². The lowest BCUT2D eigenvalue weighted by Gasteiger charge is -2.40. The van der Waals surface area contributed by atoms with Crippen molar-refractivity contribution >= 4 is 17.3 Å². The minimum absolute atomic E-state index is 0.155. The Balaban J connectivity index is 1.91. The van der Waals surface area contributed by atoms with E-state index in [1.165, 1.54) is 4.88 Å². The monoisotopic (exact) mass is 211 g/mol. The average molecular weight is 211 g/mol. The largest absolute Gasteiger partial charge is 0.481 e. The maximum Gasteiger partial charge on any atom is 0.309 e. The molecule has 1 atom stereocenters. The first kappa shape index (κ1) is 9.68. The Morgan fingerprint density at radius 2 is 2.43 bits per heavy atom. The molecular formula is C10H13NO2S. The summed E-state index contributed by atoms with van der Waals surface area (Å²) in [6.45, 7) is 3.51. The number of thiophene rings is 1. The highest BCUT2D eigenvalue weighted by Gasteiger charge is 2.35. The van der Waals surface area contributed by atoms with Crippen molar-refractivity contribution in [2.45, 2.75) is 13.0 Å². The Hall–Kier alpha value is -0.870. The van der Waals surface area contributed by atoms with Crippen LogP contribution < -0.4 is 0 Å². The third-order valence-corrected chi connectivity index (χ3v) is 3.80. The molecular weight excluding hydrogens is 198 g/mol. The highest BCUT2D eigenvalue weighted by molar-refractivity contribution is 7.10. The molecule has 0 aromatic carbocycles. The normalized spacial score (nSPS) is 20.4. The molecule has 1 aliphatic heterocycles. The predicted octanol–water partition coefficient (Wildman–Crippen LogP) is 1.83. The maximum absolute atomic E-state index is 10.6. The Bertz CT molecular complexity index is 317. The van der Waals surface area contributed by atoms with Crippen molar-refractivity contribution in [2.75, 3.05) is 13.1 Å². The second kappa shape index (κ2) is 3.71. The first-order valence-corrected chi connectivity index (χ1v) is 5.56. The van der Waals surface area contributed by atoms with E-state index >= 15 is 0 Å². The smallest absolute Gasteiger partial charge is 0.309 e. The summed E-state index contributed by atoms with van der Waals surface area (Å²) in [5.41, 5.74) is 0. The van der Waals surface area contributed by atoms with Crippen molar-refractivity contribution in [2.24, 2.45) is 5.92 Å². The Morgan fingerprint density at radius 3 is 2.93 bits per heavy atom. The van der Waals surface area contributed by atoms with Crippen LogP contribution in [0.1, 0.15) is 17.8 Å². The van der Waals surface area contributed by atoms with Gasteiger partial charge in [-0.3, -0.25) is 9.69 Å². The maximum atomic E-state index is 10.6. The summed E-state index contributed by atoms with van der Waals surface area (Å²) in [6.07, 6.45) is 0. The van der Waals surface area contributed by atoms with Gasteiger partial charge >= 0.3 is 5.97 Å². The van der Waals surface area contributed by atoms with E-state index in [2.05, 4.69) is 23.3 Å². The van der Waals surface area contributed by atoms with Gasteiger partial charge in [0, 0.05) is 24.0 Å². The molecule has 3 nitrogen and oxygen atoms in total. The molecule has 0 amide bonds. The number of aliphatic carboxylic acids is 1. The van der Waals surface area contributed by atoms with Crippen molar-refractivity contribution in [3.63, 3.8) is 0 Å². The third-order valence-electron chi connectivity index (χ3n) is 2.76. The van der Waals surface area contributed by atoms with E-state index in [9.17, 15) is 4.79 Å². The van der Waals surface area contributed by atoms with E-state index in [-0.39, 0.29) is 5.92 Å². The lowest BCUT2D eigenvalue weighted by molar-refractivity contribution is -0.148. The minimum Gasteiger partial charge on any atom is -0.481 e. The second-order valence-corrected chi connectivity index (χ2v) is 4.66. The molecule has 14 heavy (non-hydrogen) atoms. The Labute approximate surface area is 87.0 Å². The van der Waals surface area contributed by atoms with Gasteiger partial charge in [-0.25, -0.2) is 0 Å². The first-order valence-electron chi connectivity index (χ1n) is 4.68. The summed E-state index contributed by atoms with van der Waals surface area (Å²) in [7, 11) is 0. The lowest BCUT2D eigenvalue weighted by Crippen LogP contribution is -2.50. The minimum atomic E-state index is -0.667. The molecule has 0 aliphatic carbocycles. The fourth-order valence-electron chi connectivity index (χ4n) is 1.69. The van der Waals surface area contributed by atoms with Gasteiger partial charge in [0.1, 0.15) is 0 Å². The van der Waals surface area contributed by atoms with Gasteiger partial charge in [-0.2, -0.15) is 0 Å². The molecule has 1 aromatic heterocycles. The van der Waals surface area contributed by atoms with Gasteiger partial charge in [-0.05, 0) is 18.4 Å². The van der Waals surface area contributed by atoms with Crippen LogP contribution in [0.15, 0.2) is 17.5 Å².